The highest BCUT2D eigenvalue weighted by Gasteiger charge is 2.26. The van der Waals surface area contributed by atoms with Crippen molar-refractivity contribution in [2.45, 2.75) is 19.4 Å². The molecule has 0 spiro atoms. The lowest BCUT2D eigenvalue weighted by molar-refractivity contribution is -0.135. The third kappa shape index (κ3) is 2.23. The van der Waals surface area contributed by atoms with Crippen LogP contribution in [0.15, 0.2) is 24.3 Å². The van der Waals surface area contributed by atoms with Gasteiger partial charge in [0.2, 0.25) is 0 Å². The molecule has 0 amide bonds. The molecule has 3 nitrogen and oxygen atoms in total. The first kappa shape index (κ1) is 11.9. The first-order valence-corrected chi connectivity index (χ1v) is 4.75. The van der Waals surface area contributed by atoms with Gasteiger partial charge in [-0.1, -0.05) is 18.2 Å². The number of fused-ring (bicyclic) bond motifs is 1. The fraction of sp³-hybridized carbons (Fsp3) is 0.364. The highest BCUT2D eigenvalue weighted by Crippen LogP contribution is 2.31. The van der Waals surface area contributed by atoms with E-state index in [-0.39, 0.29) is 19.0 Å². The van der Waals surface area contributed by atoms with Gasteiger partial charge in [-0.3, -0.25) is 4.79 Å². The molecule has 0 bridgehead atoms. The van der Waals surface area contributed by atoms with Gasteiger partial charge >= 0.3 is 5.97 Å². The van der Waals surface area contributed by atoms with Crippen LogP contribution >= 0.6 is 12.4 Å². The van der Waals surface area contributed by atoms with Crippen molar-refractivity contribution in [3.8, 4) is 0 Å². The Morgan fingerprint density at radius 1 is 1.53 bits per heavy atom. The summed E-state index contributed by atoms with van der Waals surface area (Å²) in [6, 6.07) is 8.29. The molecule has 15 heavy (non-hydrogen) atoms. The number of halogens is 1. The van der Waals surface area contributed by atoms with Crippen molar-refractivity contribution in [2.24, 2.45) is 0 Å². The molecule has 0 fully saturated rings. The third-order valence-electron chi connectivity index (χ3n) is 2.65. The molecule has 82 valence electrons. The smallest absolute Gasteiger partial charge is 0.323 e. The molecule has 1 aromatic carbocycles. The minimum atomic E-state index is -0.770. The molecule has 0 aliphatic carbocycles. The van der Waals surface area contributed by atoms with Crippen LogP contribution in [0.4, 0.5) is 5.69 Å². The van der Waals surface area contributed by atoms with Crippen molar-refractivity contribution in [1.82, 2.24) is 0 Å². The Labute approximate surface area is 95.1 Å². The maximum absolute atomic E-state index is 10.7. The lowest BCUT2D eigenvalue weighted by Gasteiger charge is -2.22. The van der Waals surface area contributed by atoms with Crippen LogP contribution in [0.1, 0.15) is 12.5 Å². The van der Waals surface area contributed by atoms with Gasteiger partial charge in [-0.2, -0.15) is 0 Å². The maximum Gasteiger partial charge on any atom is 0.323 e. The molecule has 1 aromatic rings. The van der Waals surface area contributed by atoms with Gasteiger partial charge in [0.25, 0.3) is 0 Å². The second-order valence-electron chi connectivity index (χ2n) is 3.70. The van der Waals surface area contributed by atoms with Gasteiger partial charge in [-0.25, -0.2) is 0 Å². The van der Waals surface area contributed by atoms with Crippen molar-refractivity contribution in [3.05, 3.63) is 29.8 Å². The van der Waals surface area contributed by atoms with Crippen LogP contribution in [0, 0.1) is 0 Å². The molecule has 4 heteroatoms. The Morgan fingerprint density at radius 2 is 2.20 bits per heavy atom. The molecule has 1 heterocycles. The molecule has 0 radical (unpaired) electrons. The van der Waals surface area contributed by atoms with Crippen LogP contribution in [-0.4, -0.2) is 23.7 Å². The lowest BCUT2D eigenvalue weighted by Crippen LogP contribution is -2.34. The average molecular weight is 228 g/mol. The standard InChI is InChI=1S/C11H13NO2.ClH/c1-8-6-9-4-2-3-5-10(9)12(8)7-11(13)14;/h2-5,8H,6-7H2,1H3,(H,13,14);1H. The molecule has 1 N–H and O–H groups in total. The third-order valence-corrected chi connectivity index (χ3v) is 2.65. The zero-order chi connectivity index (χ0) is 10.1. The molecule has 1 aliphatic rings. The van der Waals surface area contributed by atoms with Gasteiger partial charge in [-0.05, 0) is 25.0 Å². The molecule has 0 saturated carbocycles. The van der Waals surface area contributed by atoms with E-state index in [9.17, 15) is 4.79 Å². The van der Waals surface area contributed by atoms with E-state index in [1.807, 2.05) is 23.1 Å². The monoisotopic (exact) mass is 227 g/mol. The van der Waals surface area contributed by atoms with E-state index in [4.69, 9.17) is 5.11 Å². The number of carboxylic acids is 1. The molecule has 0 saturated heterocycles. The summed E-state index contributed by atoms with van der Waals surface area (Å²) in [4.78, 5) is 12.6. The summed E-state index contributed by atoms with van der Waals surface area (Å²) < 4.78 is 0. The van der Waals surface area contributed by atoms with Crippen molar-refractivity contribution in [3.63, 3.8) is 0 Å². The molecule has 0 aromatic heterocycles. The molecule has 1 unspecified atom stereocenters. The first-order valence-electron chi connectivity index (χ1n) is 4.75. The quantitative estimate of drug-likeness (QED) is 0.840. The van der Waals surface area contributed by atoms with E-state index in [1.54, 1.807) is 0 Å². The number of rotatable bonds is 2. The van der Waals surface area contributed by atoms with E-state index in [1.165, 1.54) is 5.56 Å². The Balaban J connectivity index is 0.00000112. The fourth-order valence-corrected chi connectivity index (χ4v) is 2.02. The Kier molecular flexibility index (Phi) is 3.58. The number of hydrogen-bond donors (Lipinski definition) is 1. The lowest BCUT2D eigenvalue weighted by atomic mass is 10.1. The van der Waals surface area contributed by atoms with Crippen molar-refractivity contribution >= 4 is 24.1 Å². The summed E-state index contributed by atoms with van der Waals surface area (Å²) in [6.45, 7) is 2.15. The zero-order valence-electron chi connectivity index (χ0n) is 8.51. The predicted octanol–water partition coefficient (Wildman–Crippen LogP) is 1.94. The van der Waals surface area contributed by atoms with Crippen LogP contribution in [-0.2, 0) is 11.2 Å². The molecule has 1 atom stereocenters. The van der Waals surface area contributed by atoms with Crippen LogP contribution in [0.3, 0.4) is 0 Å². The number of nitrogens with zero attached hydrogens (tertiary/aromatic N) is 1. The van der Waals surface area contributed by atoms with E-state index in [0.717, 1.165) is 12.1 Å². The number of hydrogen-bond acceptors (Lipinski definition) is 2. The summed E-state index contributed by atoms with van der Waals surface area (Å²) in [5.41, 5.74) is 2.32. The van der Waals surface area contributed by atoms with Gasteiger partial charge in [0.05, 0.1) is 0 Å². The maximum atomic E-state index is 10.7. The van der Waals surface area contributed by atoms with Crippen LogP contribution in [0.25, 0.3) is 0 Å². The molecular weight excluding hydrogens is 214 g/mol. The van der Waals surface area contributed by atoms with Gasteiger partial charge < -0.3 is 10.0 Å². The Hall–Kier alpha value is -1.22. The zero-order valence-corrected chi connectivity index (χ0v) is 9.33. The largest absolute Gasteiger partial charge is 0.480 e. The first-order chi connectivity index (χ1) is 6.68. The molecule has 1 aliphatic heterocycles. The second-order valence-corrected chi connectivity index (χ2v) is 3.70. The number of carboxylic acid groups (broad SMARTS) is 1. The van der Waals surface area contributed by atoms with E-state index < -0.39 is 5.97 Å². The highest BCUT2D eigenvalue weighted by molar-refractivity contribution is 5.85. The number of para-hydroxylation sites is 1. The van der Waals surface area contributed by atoms with Gasteiger partial charge in [-0.15, -0.1) is 12.4 Å². The summed E-state index contributed by atoms with van der Waals surface area (Å²) >= 11 is 0. The second kappa shape index (κ2) is 4.53. The number of anilines is 1. The summed E-state index contributed by atoms with van der Waals surface area (Å²) in [5, 5.41) is 8.78. The van der Waals surface area contributed by atoms with Crippen LogP contribution in [0.2, 0.25) is 0 Å². The van der Waals surface area contributed by atoms with Gasteiger partial charge in [0, 0.05) is 11.7 Å². The average Bonchev–Trinajstić information content (AvgIpc) is 2.43. The molecule has 2 rings (SSSR count). The normalized spacial score (nSPS) is 18.2. The van der Waals surface area contributed by atoms with Crippen LogP contribution in [0.5, 0.6) is 0 Å². The topological polar surface area (TPSA) is 40.5 Å². The number of aliphatic carboxylic acids is 1. The van der Waals surface area contributed by atoms with E-state index in [0.29, 0.717) is 6.04 Å². The summed E-state index contributed by atoms with van der Waals surface area (Å²) in [5.74, 6) is -0.770. The van der Waals surface area contributed by atoms with Crippen molar-refractivity contribution < 1.29 is 9.90 Å². The summed E-state index contributed by atoms with van der Waals surface area (Å²) in [6.07, 6.45) is 0.948. The van der Waals surface area contributed by atoms with Crippen LogP contribution < -0.4 is 4.90 Å². The molecular formula is C11H14ClNO2. The summed E-state index contributed by atoms with van der Waals surface area (Å²) in [7, 11) is 0. The minimum Gasteiger partial charge on any atom is -0.480 e. The predicted molar refractivity (Wildman–Crippen MR) is 61.8 cm³/mol. The van der Waals surface area contributed by atoms with Crippen molar-refractivity contribution in [1.29, 1.82) is 0 Å². The highest BCUT2D eigenvalue weighted by atomic mass is 35.5. The Bertz CT molecular complexity index is 367. The van der Waals surface area contributed by atoms with Gasteiger partial charge in [0.1, 0.15) is 6.54 Å². The van der Waals surface area contributed by atoms with E-state index >= 15 is 0 Å². The number of carbonyl (C=O) groups is 1. The van der Waals surface area contributed by atoms with E-state index in [2.05, 4.69) is 13.0 Å². The van der Waals surface area contributed by atoms with Gasteiger partial charge in [0.15, 0.2) is 0 Å². The number of benzene rings is 1. The SMILES string of the molecule is CC1Cc2ccccc2N1CC(=O)O.Cl. The minimum absolute atomic E-state index is 0. The Morgan fingerprint density at radius 3 is 2.87 bits per heavy atom. The fourth-order valence-electron chi connectivity index (χ4n) is 2.02. The van der Waals surface area contributed by atoms with Crippen molar-refractivity contribution in [2.75, 3.05) is 11.4 Å².